The van der Waals surface area contributed by atoms with Crippen LogP contribution >= 0.6 is 0 Å². The third-order valence-electron chi connectivity index (χ3n) is 4.64. The topological polar surface area (TPSA) is 45.1 Å². The first-order valence-corrected chi connectivity index (χ1v) is 7.68. The van der Waals surface area contributed by atoms with E-state index in [0.29, 0.717) is 0 Å². The Morgan fingerprint density at radius 3 is 2.30 bits per heavy atom. The summed E-state index contributed by atoms with van der Waals surface area (Å²) in [6, 6.07) is 2.39. The zero-order chi connectivity index (χ0) is 15.3. The minimum Gasteiger partial charge on any atom is -0.396 e. The Kier molecular flexibility index (Phi) is 6.15. The van der Waals surface area contributed by atoms with Crippen LogP contribution in [0.3, 0.4) is 0 Å². The molecule has 1 aromatic rings. The molecule has 3 nitrogen and oxygen atoms in total. The normalized spacial score (nSPS) is 13.6. The largest absolute Gasteiger partial charge is 0.396 e. The summed E-state index contributed by atoms with van der Waals surface area (Å²) in [7, 11) is 0. The molecule has 0 aliphatic rings. The van der Waals surface area contributed by atoms with Crippen LogP contribution in [0, 0.1) is 26.2 Å². The number of rotatable bonds is 7. The lowest BCUT2D eigenvalue weighted by atomic mass is 9.83. The molecule has 0 radical (unpaired) electrons. The second-order valence-electron chi connectivity index (χ2n) is 6.05. The van der Waals surface area contributed by atoms with Gasteiger partial charge in [-0.2, -0.15) is 0 Å². The molecule has 1 heterocycles. The molecule has 0 aliphatic heterocycles. The third-order valence-corrected chi connectivity index (χ3v) is 4.64. The molecule has 0 saturated carbocycles. The van der Waals surface area contributed by atoms with Crippen molar-refractivity contribution in [2.45, 2.75) is 60.4 Å². The molecule has 0 saturated heterocycles. The molecule has 0 aromatic carbocycles. The second kappa shape index (κ2) is 7.19. The minimum atomic E-state index is -0.00576. The van der Waals surface area contributed by atoms with Crippen LogP contribution in [-0.2, 0) is 0 Å². The molecule has 0 spiro atoms. The molecule has 0 aliphatic carbocycles. The summed E-state index contributed by atoms with van der Waals surface area (Å²) in [6.45, 7) is 13.8. The molecule has 1 rings (SSSR count). The first-order chi connectivity index (χ1) is 9.39. The minimum absolute atomic E-state index is 0.00576. The number of pyridine rings is 1. The van der Waals surface area contributed by atoms with Crippen molar-refractivity contribution in [2.75, 3.05) is 13.2 Å². The zero-order valence-electron chi connectivity index (χ0n) is 13.9. The quantitative estimate of drug-likeness (QED) is 0.803. The number of nitrogens with one attached hydrogen (secondary N) is 1. The van der Waals surface area contributed by atoms with Crippen molar-refractivity contribution < 1.29 is 5.11 Å². The van der Waals surface area contributed by atoms with Gasteiger partial charge in [-0.1, -0.05) is 13.8 Å². The highest BCUT2D eigenvalue weighted by molar-refractivity contribution is 5.33. The summed E-state index contributed by atoms with van der Waals surface area (Å²) in [5.74, 6) is 0. The summed E-state index contributed by atoms with van der Waals surface area (Å²) in [5, 5.41) is 13.2. The average molecular weight is 278 g/mol. The van der Waals surface area contributed by atoms with Crippen molar-refractivity contribution in [2.24, 2.45) is 5.41 Å². The van der Waals surface area contributed by atoms with Crippen LogP contribution in [0.15, 0.2) is 6.07 Å². The van der Waals surface area contributed by atoms with Crippen molar-refractivity contribution in [3.63, 3.8) is 0 Å². The first kappa shape index (κ1) is 17.1. The average Bonchev–Trinajstić information content (AvgIpc) is 2.39. The van der Waals surface area contributed by atoms with E-state index in [2.05, 4.69) is 51.0 Å². The van der Waals surface area contributed by atoms with E-state index in [0.717, 1.165) is 30.8 Å². The van der Waals surface area contributed by atoms with E-state index in [4.69, 9.17) is 0 Å². The van der Waals surface area contributed by atoms with Gasteiger partial charge in [-0.3, -0.25) is 4.98 Å². The number of hydrogen-bond donors (Lipinski definition) is 2. The molecule has 0 amide bonds. The molecule has 1 aromatic heterocycles. The van der Waals surface area contributed by atoms with E-state index >= 15 is 0 Å². The van der Waals surface area contributed by atoms with E-state index in [9.17, 15) is 5.11 Å². The van der Waals surface area contributed by atoms with Gasteiger partial charge in [0, 0.05) is 36.0 Å². The SMILES string of the molecule is CCC(CC)(CO)CNC(C)c1c(C)cc(C)nc1C. The molecule has 0 fully saturated rings. The third kappa shape index (κ3) is 3.80. The number of aliphatic hydroxyl groups excluding tert-OH is 1. The van der Waals surface area contributed by atoms with E-state index in [-0.39, 0.29) is 18.1 Å². The maximum Gasteiger partial charge on any atom is 0.0499 e. The molecular weight excluding hydrogens is 248 g/mol. The molecule has 1 atom stereocenters. The Bertz CT molecular complexity index is 407. The van der Waals surface area contributed by atoms with Gasteiger partial charge in [0.1, 0.15) is 0 Å². The van der Waals surface area contributed by atoms with Crippen molar-refractivity contribution in [3.05, 3.63) is 28.6 Å². The van der Waals surface area contributed by atoms with Gasteiger partial charge in [0.05, 0.1) is 0 Å². The Morgan fingerprint density at radius 2 is 1.85 bits per heavy atom. The lowest BCUT2D eigenvalue weighted by molar-refractivity contribution is 0.110. The fraction of sp³-hybridized carbons (Fsp3) is 0.706. The molecule has 0 bridgehead atoms. The van der Waals surface area contributed by atoms with Gasteiger partial charge >= 0.3 is 0 Å². The smallest absolute Gasteiger partial charge is 0.0499 e. The van der Waals surface area contributed by atoms with Crippen LogP contribution in [0.1, 0.15) is 62.2 Å². The predicted molar refractivity (Wildman–Crippen MR) is 85.0 cm³/mol. The number of nitrogens with zero attached hydrogens (tertiary/aromatic N) is 1. The van der Waals surface area contributed by atoms with Crippen LogP contribution in [0.2, 0.25) is 0 Å². The van der Waals surface area contributed by atoms with Crippen molar-refractivity contribution in [1.29, 1.82) is 0 Å². The summed E-state index contributed by atoms with van der Waals surface area (Å²) in [6.07, 6.45) is 1.98. The van der Waals surface area contributed by atoms with E-state index < -0.39 is 0 Å². The second-order valence-corrected chi connectivity index (χ2v) is 6.05. The standard InChI is InChI=1S/C17H30N2O/c1-7-17(8-2,11-20)10-18-14(5)16-12(3)9-13(4)19-15(16)6/h9,14,18,20H,7-8,10-11H2,1-6H3. The fourth-order valence-corrected chi connectivity index (χ4v) is 2.94. The number of aromatic nitrogens is 1. The lowest BCUT2D eigenvalue weighted by Crippen LogP contribution is -2.38. The Balaban J connectivity index is 2.84. The van der Waals surface area contributed by atoms with Crippen LogP contribution in [0.5, 0.6) is 0 Å². The van der Waals surface area contributed by atoms with E-state index in [1.807, 2.05) is 6.92 Å². The molecule has 114 valence electrons. The van der Waals surface area contributed by atoms with Crippen molar-refractivity contribution >= 4 is 0 Å². The van der Waals surface area contributed by atoms with E-state index in [1.54, 1.807) is 0 Å². The first-order valence-electron chi connectivity index (χ1n) is 7.68. The van der Waals surface area contributed by atoms with Gasteiger partial charge in [-0.25, -0.2) is 0 Å². The van der Waals surface area contributed by atoms with Gasteiger partial charge in [-0.05, 0) is 57.7 Å². The number of hydrogen-bond acceptors (Lipinski definition) is 3. The van der Waals surface area contributed by atoms with Gasteiger partial charge in [-0.15, -0.1) is 0 Å². The highest BCUT2D eigenvalue weighted by Gasteiger charge is 2.26. The summed E-state index contributed by atoms with van der Waals surface area (Å²) in [5.41, 5.74) is 4.74. The Morgan fingerprint density at radius 1 is 1.25 bits per heavy atom. The number of aliphatic hydroxyl groups is 1. The monoisotopic (exact) mass is 278 g/mol. The molecule has 3 heteroatoms. The Hall–Kier alpha value is -0.930. The van der Waals surface area contributed by atoms with Crippen LogP contribution in [0.4, 0.5) is 0 Å². The van der Waals surface area contributed by atoms with Gasteiger partial charge in [0.2, 0.25) is 0 Å². The summed E-state index contributed by atoms with van der Waals surface area (Å²) >= 11 is 0. The van der Waals surface area contributed by atoms with Crippen LogP contribution in [-0.4, -0.2) is 23.2 Å². The summed E-state index contributed by atoms with van der Waals surface area (Å²) in [4.78, 5) is 4.57. The molecule has 20 heavy (non-hydrogen) atoms. The van der Waals surface area contributed by atoms with E-state index in [1.165, 1.54) is 11.1 Å². The molecule has 1 unspecified atom stereocenters. The van der Waals surface area contributed by atoms with Gasteiger partial charge < -0.3 is 10.4 Å². The van der Waals surface area contributed by atoms with Crippen LogP contribution in [0.25, 0.3) is 0 Å². The predicted octanol–water partition coefficient (Wildman–Crippen LogP) is 3.46. The zero-order valence-corrected chi connectivity index (χ0v) is 13.9. The summed E-state index contributed by atoms with van der Waals surface area (Å²) < 4.78 is 0. The highest BCUT2D eigenvalue weighted by Crippen LogP contribution is 2.27. The van der Waals surface area contributed by atoms with Gasteiger partial charge in [0.25, 0.3) is 0 Å². The lowest BCUT2D eigenvalue weighted by Gasteiger charge is -2.32. The van der Waals surface area contributed by atoms with Crippen molar-refractivity contribution in [1.82, 2.24) is 10.3 Å². The van der Waals surface area contributed by atoms with Crippen LogP contribution < -0.4 is 5.32 Å². The van der Waals surface area contributed by atoms with Gasteiger partial charge in [0.15, 0.2) is 0 Å². The fourth-order valence-electron chi connectivity index (χ4n) is 2.94. The molecular formula is C17H30N2O. The maximum absolute atomic E-state index is 9.65. The highest BCUT2D eigenvalue weighted by atomic mass is 16.3. The Labute approximate surface area is 123 Å². The maximum atomic E-state index is 9.65. The number of aryl methyl sites for hydroxylation is 3. The molecule has 2 N–H and O–H groups in total. The van der Waals surface area contributed by atoms with Crippen molar-refractivity contribution in [3.8, 4) is 0 Å².